The van der Waals surface area contributed by atoms with Gasteiger partial charge in [-0.15, -0.1) is 0 Å². The number of anilines is 2. The number of amides is 1. The number of nitrogens with two attached hydrogens (primary N) is 1. The Bertz CT molecular complexity index is 1150. The number of aromatic nitrogens is 5. The number of nitrogens with zero attached hydrogens (tertiary/aromatic N) is 4. The summed E-state index contributed by atoms with van der Waals surface area (Å²) in [6.07, 6.45) is 2.64. The number of alkyl halides is 1. The fourth-order valence-electron chi connectivity index (χ4n) is 3.02. The number of halogens is 1. The molecule has 3 aromatic heterocycles. The number of hydrogen-bond donors (Lipinski definition) is 4. The van der Waals surface area contributed by atoms with E-state index in [9.17, 15) is 9.18 Å². The van der Waals surface area contributed by atoms with E-state index >= 15 is 0 Å². The van der Waals surface area contributed by atoms with Gasteiger partial charge in [-0.05, 0) is 19.1 Å². The maximum atomic E-state index is 12.8. The number of imidazole rings is 1. The van der Waals surface area contributed by atoms with Gasteiger partial charge in [-0.3, -0.25) is 0 Å². The Balaban J connectivity index is 1.97. The Kier molecular flexibility index (Phi) is 7.49. The van der Waals surface area contributed by atoms with Crippen LogP contribution in [0.4, 0.5) is 21.0 Å². The summed E-state index contributed by atoms with van der Waals surface area (Å²) in [5.74, 6) is 1.30. The van der Waals surface area contributed by atoms with E-state index in [1.807, 2.05) is 27.7 Å². The molecule has 0 fully saturated rings. The molecule has 3 aromatic rings. The second-order valence-electron chi connectivity index (χ2n) is 8.60. The molecule has 1 atom stereocenters. The molecule has 11 nitrogen and oxygen atoms in total. The predicted octanol–water partition coefficient (Wildman–Crippen LogP) is 3.27. The van der Waals surface area contributed by atoms with Gasteiger partial charge in [0.25, 0.3) is 0 Å². The highest BCUT2D eigenvalue weighted by Gasteiger charge is 2.24. The minimum absolute atomic E-state index is 0.0812. The largest absolute Gasteiger partial charge is 0.459 e. The van der Waals surface area contributed by atoms with Crippen LogP contribution in [0.15, 0.2) is 24.5 Å². The fourth-order valence-corrected chi connectivity index (χ4v) is 3.02. The van der Waals surface area contributed by atoms with Crippen molar-refractivity contribution < 1.29 is 18.7 Å². The molecule has 1 amide bonds. The van der Waals surface area contributed by atoms with Crippen molar-refractivity contribution in [2.24, 2.45) is 0 Å². The first-order valence-electron chi connectivity index (χ1n) is 10.6. The molecule has 0 radical (unpaired) electrons. The van der Waals surface area contributed by atoms with E-state index in [1.165, 1.54) is 7.11 Å². The van der Waals surface area contributed by atoms with E-state index in [0.29, 0.717) is 35.1 Å². The smallest absolute Gasteiger partial charge is 0.407 e. The summed E-state index contributed by atoms with van der Waals surface area (Å²) < 4.78 is 22.3. The van der Waals surface area contributed by atoms with Crippen molar-refractivity contribution in [1.82, 2.24) is 30.2 Å². The van der Waals surface area contributed by atoms with Gasteiger partial charge >= 0.3 is 6.09 Å². The number of carbonyl (C=O) groups is 1. The number of pyridine rings is 1. The number of carbonyl (C=O) groups excluding carboxylic acids is 1. The van der Waals surface area contributed by atoms with Crippen LogP contribution in [0.1, 0.15) is 33.5 Å². The number of methoxy groups -OCH3 is 1. The normalized spacial score (nSPS) is 12.2. The second kappa shape index (κ2) is 10.3. The summed E-state index contributed by atoms with van der Waals surface area (Å²) in [5, 5.41) is 5.76. The van der Waals surface area contributed by atoms with Gasteiger partial charge in [-0.25, -0.2) is 29.1 Å². The predicted molar refractivity (Wildman–Crippen MR) is 126 cm³/mol. The van der Waals surface area contributed by atoms with Crippen LogP contribution in [0.2, 0.25) is 0 Å². The van der Waals surface area contributed by atoms with Crippen molar-refractivity contribution >= 4 is 17.9 Å². The highest BCUT2D eigenvalue weighted by Crippen LogP contribution is 2.35. The van der Waals surface area contributed by atoms with Crippen LogP contribution in [0.3, 0.4) is 0 Å². The average molecular weight is 473 g/mol. The van der Waals surface area contributed by atoms with Crippen LogP contribution in [0.5, 0.6) is 5.75 Å². The summed E-state index contributed by atoms with van der Waals surface area (Å²) in [6, 6.07) is 3.12. The van der Waals surface area contributed by atoms with Gasteiger partial charge in [-0.1, -0.05) is 20.8 Å². The molecular formula is C22H29FN8O3. The van der Waals surface area contributed by atoms with E-state index < -0.39 is 13.0 Å². The zero-order valence-electron chi connectivity index (χ0n) is 19.8. The van der Waals surface area contributed by atoms with Gasteiger partial charge in [0.05, 0.1) is 24.2 Å². The zero-order chi connectivity index (χ0) is 24.9. The van der Waals surface area contributed by atoms with E-state index in [-0.39, 0.29) is 23.0 Å². The Morgan fingerprint density at radius 1 is 1.29 bits per heavy atom. The monoisotopic (exact) mass is 472 g/mol. The first-order chi connectivity index (χ1) is 16.1. The molecule has 1 unspecified atom stereocenters. The van der Waals surface area contributed by atoms with Crippen molar-refractivity contribution in [2.75, 3.05) is 31.6 Å². The number of nitrogens with one attached hydrogen (secondary N) is 3. The summed E-state index contributed by atoms with van der Waals surface area (Å²) in [4.78, 5) is 32.5. The molecule has 3 heterocycles. The molecule has 12 heteroatoms. The number of alkyl carbamates (subject to hydrolysis) is 1. The van der Waals surface area contributed by atoms with Gasteiger partial charge in [0.2, 0.25) is 12.8 Å². The molecule has 0 aliphatic heterocycles. The van der Waals surface area contributed by atoms with Gasteiger partial charge in [0.1, 0.15) is 5.82 Å². The third-order valence-corrected chi connectivity index (χ3v) is 4.81. The van der Waals surface area contributed by atoms with Crippen molar-refractivity contribution in [2.45, 2.75) is 39.2 Å². The van der Waals surface area contributed by atoms with Crippen molar-refractivity contribution in [1.29, 1.82) is 0 Å². The number of nitrogen functional groups attached to an aromatic ring is 1. The second-order valence-corrected chi connectivity index (χ2v) is 8.60. The fraction of sp³-hybridized carbons (Fsp3) is 0.409. The van der Waals surface area contributed by atoms with Crippen LogP contribution >= 0.6 is 0 Å². The summed E-state index contributed by atoms with van der Waals surface area (Å²) in [6.45, 7) is 7.26. The lowest BCUT2D eigenvalue weighted by atomic mass is 9.96. The molecular weight excluding hydrogens is 443 g/mol. The third-order valence-electron chi connectivity index (χ3n) is 4.81. The lowest BCUT2D eigenvalue weighted by Gasteiger charge is -2.14. The van der Waals surface area contributed by atoms with Gasteiger partial charge in [-0.2, -0.15) is 0 Å². The van der Waals surface area contributed by atoms with Gasteiger partial charge < -0.3 is 30.8 Å². The van der Waals surface area contributed by atoms with Crippen LogP contribution < -0.4 is 21.1 Å². The maximum Gasteiger partial charge on any atom is 0.407 e. The summed E-state index contributed by atoms with van der Waals surface area (Å²) in [5.41, 5.74) is 7.88. The van der Waals surface area contributed by atoms with Crippen LogP contribution in [0, 0.1) is 0 Å². The maximum absolute atomic E-state index is 12.8. The lowest BCUT2D eigenvalue weighted by molar-refractivity contribution is 0.168. The number of aromatic amines is 1. The quantitative estimate of drug-likeness (QED) is 0.387. The SMILES string of the molecule is COC(=O)NC(C)CNc1nccc(-c2[nH]c(C(C)(C)C)nc2-c2cnc(N)c(OCF)c2)n1. The number of rotatable bonds is 8. The van der Waals surface area contributed by atoms with Crippen LogP contribution in [-0.2, 0) is 10.2 Å². The Labute approximate surface area is 196 Å². The standard InChI is InChI=1S/C22H29FN8O3/c1-12(28-21(32)33-5)9-27-20-25-7-6-14(29-20)17-16(30-19(31-17)22(2,3)4)13-8-15(34-11-23)18(24)26-10-13/h6-8,10,12H,9,11H2,1-5H3,(H2,24,26)(H,28,32)(H,30,31)(H,25,27,29). The topological polar surface area (TPSA) is 153 Å². The van der Waals surface area contributed by atoms with Crippen LogP contribution in [-0.4, -0.2) is 57.6 Å². The molecule has 0 aliphatic rings. The van der Waals surface area contributed by atoms with Gasteiger partial charge in [0.15, 0.2) is 11.6 Å². The highest BCUT2D eigenvalue weighted by atomic mass is 19.1. The first kappa shape index (κ1) is 24.7. The van der Waals surface area contributed by atoms with E-state index in [1.54, 1.807) is 24.5 Å². The van der Waals surface area contributed by atoms with Crippen molar-refractivity contribution in [3.8, 4) is 28.4 Å². The Morgan fingerprint density at radius 2 is 2.06 bits per heavy atom. The molecule has 0 aromatic carbocycles. The third kappa shape index (κ3) is 5.88. The van der Waals surface area contributed by atoms with E-state index in [0.717, 1.165) is 5.82 Å². The zero-order valence-corrected chi connectivity index (χ0v) is 19.8. The highest BCUT2D eigenvalue weighted by molar-refractivity contribution is 5.78. The van der Waals surface area contributed by atoms with E-state index in [2.05, 4.69) is 35.3 Å². The Morgan fingerprint density at radius 3 is 2.74 bits per heavy atom. The molecule has 0 spiro atoms. The van der Waals surface area contributed by atoms with E-state index in [4.69, 9.17) is 15.5 Å². The molecule has 0 saturated carbocycles. The molecule has 34 heavy (non-hydrogen) atoms. The number of ether oxygens (including phenoxy) is 2. The first-order valence-corrected chi connectivity index (χ1v) is 10.6. The number of hydrogen-bond acceptors (Lipinski definition) is 9. The lowest BCUT2D eigenvalue weighted by Crippen LogP contribution is -2.37. The summed E-state index contributed by atoms with van der Waals surface area (Å²) >= 11 is 0. The minimum atomic E-state index is -1.03. The number of H-pyrrole nitrogens is 1. The van der Waals surface area contributed by atoms with Crippen molar-refractivity contribution in [3.05, 3.63) is 30.4 Å². The van der Waals surface area contributed by atoms with Crippen LogP contribution in [0.25, 0.3) is 22.6 Å². The molecule has 5 N–H and O–H groups in total. The minimum Gasteiger partial charge on any atom is -0.459 e. The van der Waals surface area contributed by atoms with Gasteiger partial charge in [0, 0.05) is 36.0 Å². The molecule has 3 rings (SSSR count). The average Bonchev–Trinajstić information content (AvgIpc) is 3.26. The Hall–Kier alpha value is -3.96. The molecule has 0 bridgehead atoms. The molecule has 0 aliphatic carbocycles. The molecule has 182 valence electrons. The van der Waals surface area contributed by atoms with Crippen molar-refractivity contribution in [3.63, 3.8) is 0 Å². The molecule has 0 saturated heterocycles. The summed E-state index contributed by atoms with van der Waals surface area (Å²) in [7, 11) is 1.30.